The van der Waals surface area contributed by atoms with Crippen LogP contribution in [0.5, 0.6) is 5.75 Å². The molecule has 0 spiro atoms. The van der Waals surface area contributed by atoms with Gasteiger partial charge < -0.3 is 10.5 Å². The van der Waals surface area contributed by atoms with Crippen LogP contribution in [0.1, 0.15) is 25.4 Å². The maximum atomic E-state index is 12.5. The van der Waals surface area contributed by atoms with Gasteiger partial charge in [0.05, 0.1) is 23.3 Å². The summed E-state index contributed by atoms with van der Waals surface area (Å²) in [6.45, 7) is -1.12. The van der Waals surface area contributed by atoms with Crippen molar-refractivity contribution in [3.8, 4) is 5.75 Å². The molecule has 0 bridgehead atoms. The Labute approximate surface area is 123 Å². The van der Waals surface area contributed by atoms with E-state index in [1.165, 1.54) is 18.7 Å². The molecule has 22 heavy (non-hydrogen) atoms. The van der Waals surface area contributed by atoms with E-state index >= 15 is 0 Å². The molecule has 3 rings (SSSR count). The molecule has 0 saturated heterocycles. The molecule has 0 saturated carbocycles. The van der Waals surface area contributed by atoms with Crippen LogP contribution in [0, 0.1) is 0 Å². The van der Waals surface area contributed by atoms with E-state index in [9.17, 15) is 8.78 Å². The molecule has 10 heteroatoms. The smallest absolute Gasteiger partial charge is 0.334 e. The van der Waals surface area contributed by atoms with Gasteiger partial charge in [-0.2, -0.15) is 13.5 Å². The number of alkyl halides is 2. The van der Waals surface area contributed by atoms with Crippen LogP contribution in [0.2, 0.25) is 0 Å². The minimum atomic E-state index is -2.75. The fourth-order valence-electron chi connectivity index (χ4n) is 1.91. The topological polar surface area (TPSA) is 105 Å². The average Bonchev–Trinajstić information content (AvgIpc) is 2.97. The molecule has 2 N–H and O–H groups in total. The van der Waals surface area contributed by atoms with E-state index in [2.05, 4.69) is 25.0 Å². The van der Waals surface area contributed by atoms with Crippen LogP contribution in [0.25, 0.3) is 10.9 Å². The van der Waals surface area contributed by atoms with E-state index in [-0.39, 0.29) is 11.6 Å². The summed E-state index contributed by atoms with van der Waals surface area (Å²) >= 11 is 0. The summed E-state index contributed by atoms with van der Waals surface area (Å²) in [6.07, 6.45) is 4.56. The summed E-state index contributed by atoms with van der Waals surface area (Å²) in [6, 6.07) is 0. The molecule has 1 unspecified atom stereocenters. The number of aromatic nitrogens is 6. The van der Waals surface area contributed by atoms with Crippen molar-refractivity contribution in [3.05, 3.63) is 30.9 Å². The highest BCUT2D eigenvalue weighted by molar-refractivity contribution is 5.92. The summed E-state index contributed by atoms with van der Waals surface area (Å²) in [5.74, 6) is 0.685. The van der Waals surface area contributed by atoms with Crippen LogP contribution >= 0.6 is 0 Å². The molecular formula is C12H11F2N7O. The van der Waals surface area contributed by atoms with Crippen molar-refractivity contribution in [2.24, 2.45) is 0 Å². The maximum Gasteiger partial charge on any atom is 0.334 e. The van der Waals surface area contributed by atoms with Crippen LogP contribution in [0.4, 0.5) is 14.6 Å². The second kappa shape index (κ2) is 5.47. The zero-order valence-corrected chi connectivity index (χ0v) is 11.4. The van der Waals surface area contributed by atoms with Gasteiger partial charge in [-0.05, 0) is 6.92 Å². The number of anilines is 1. The molecule has 0 aliphatic carbocycles. The Morgan fingerprint density at radius 3 is 2.77 bits per heavy atom. The standard InChI is InChI=1S/C12H11F2N7O/c1-6(11-19-5-21(20-11)12(13)14)22-8-3-16-2-7-9(8)10(15)18-4-17-7/h2-6,12H,1H3,(H2,15,17,18). The van der Waals surface area contributed by atoms with Gasteiger partial charge >= 0.3 is 6.55 Å². The lowest BCUT2D eigenvalue weighted by molar-refractivity contribution is 0.0550. The fraction of sp³-hybridized carbons (Fsp3) is 0.250. The molecule has 1 atom stereocenters. The van der Waals surface area contributed by atoms with Gasteiger partial charge in [0.2, 0.25) is 0 Å². The van der Waals surface area contributed by atoms with Crippen molar-refractivity contribution < 1.29 is 13.5 Å². The van der Waals surface area contributed by atoms with Crippen LogP contribution in [-0.2, 0) is 0 Å². The molecule has 3 aromatic heterocycles. The van der Waals surface area contributed by atoms with Crippen molar-refractivity contribution in [3.63, 3.8) is 0 Å². The van der Waals surface area contributed by atoms with Gasteiger partial charge in [-0.15, -0.1) is 5.10 Å². The third-order valence-corrected chi connectivity index (χ3v) is 2.93. The first-order chi connectivity index (χ1) is 10.6. The number of nitrogens with zero attached hydrogens (tertiary/aromatic N) is 6. The number of ether oxygens (including phenoxy) is 1. The number of hydrogen-bond donors (Lipinski definition) is 1. The number of hydrogen-bond acceptors (Lipinski definition) is 7. The lowest BCUT2D eigenvalue weighted by Crippen LogP contribution is -2.08. The molecule has 0 amide bonds. The SMILES string of the molecule is CC(Oc1cncc2ncnc(N)c12)c1ncn(C(F)F)n1. The van der Waals surface area contributed by atoms with Crippen molar-refractivity contribution in [1.29, 1.82) is 0 Å². The highest BCUT2D eigenvalue weighted by atomic mass is 19.3. The molecular weight excluding hydrogens is 296 g/mol. The maximum absolute atomic E-state index is 12.5. The molecule has 0 aliphatic heterocycles. The van der Waals surface area contributed by atoms with E-state index in [1.54, 1.807) is 6.92 Å². The Balaban J connectivity index is 1.92. The molecule has 0 fully saturated rings. The third kappa shape index (κ3) is 2.50. The van der Waals surface area contributed by atoms with E-state index in [1.807, 2.05) is 0 Å². The minimum absolute atomic E-state index is 0.118. The van der Waals surface area contributed by atoms with Gasteiger partial charge in [0, 0.05) is 0 Å². The van der Waals surface area contributed by atoms with Crippen LogP contribution < -0.4 is 10.5 Å². The third-order valence-electron chi connectivity index (χ3n) is 2.93. The Morgan fingerprint density at radius 1 is 1.23 bits per heavy atom. The summed E-state index contributed by atoms with van der Waals surface area (Å²) in [5.41, 5.74) is 6.34. The molecule has 0 radical (unpaired) electrons. The van der Waals surface area contributed by atoms with Crippen LogP contribution in [-0.4, -0.2) is 29.7 Å². The van der Waals surface area contributed by atoms with Crippen molar-refractivity contribution in [2.75, 3.05) is 5.73 Å². The van der Waals surface area contributed by atoms with E-state index in [0.717, 1.165) is 6.33 Å². The highest BCUT2D eigenvalue weighted by Gasteiger charge is 2.18. The normalized spacial score (nSPS) is 12.7. The van der Waals surface area contributed by atoms with Crippen LogP contribution in [0.15, 0.2) is 25.0 Å². The average molecular weight is 307 g/mol. The van der Waals surface area contributed by atoms with E-state index in [0.29, 0.717) is 21.3 Å². The Bertz CT molecular complexity index is 802. The highest BCUT2D eigenvalue weighted by Crippen LogP contribution is 2.29. The summed E-state index contributed by atoms with van der Waals surface area (Å²) in [7, 11) is 0. The predicted octanol–water partition coefficient (Wildman–Crippen LogP) is 1.73. The minimum Gasteiger partial charge on any atom is -0.480 e. The monoisotopic (exact) mass is 307 g/mol. The number of nitrogen functional groups attached to an aromatic ring is 1. The number of fused-ring (bicyclic) bond motifs is 1. The van der Waals surface area contributed by atoms with E-state index in [4.69, 9.17) is 10.5 Å². The molecule has 0 aromatic carbocycles. The Morgan fingerprint density at radius 2 is 2.05 bits per heavy atom. The summed E-state index contributed by atoms with van der Waals surface area (Å²) < 4.78 is 31.2. The van der Waals surface area contributed by atoms with E-state index < -0.39 is 12.7 Å². The van der Waals surface area contributed by atoms with Crippen molar-refractivity contribution >= 4 is 16.7 Å². The first-order valence-corrected chi connectivity index (χ1v) is 6.26. The predicted molar refractivity (Wildman–Crippen MR) is 72.1 cm³/mol. The van der Waals surface area contributed by atoms with Gasteiger partial charge in [0.25, 0.3) is 0 Å². The lowest BCUT2D eigenvalue weighted by atomic mass is 10.2. The molecule has 0 aliphatic rings. The van der Waals surface area contributed by atoms with Crippen molar-refractivity contribution in [1.82, 2.24) is 29.7 Å². The zero-order chi connectivity index (χ0) is 15.7. The largest absolute Gasteiger partial charge is 0.480 e. The van der Waals surface area contributed by atoms with Gasteiger partial charge in [-0.1, -0.05) is 0 Å². The molecule has 3 aromatic rings. The van der Waals surface area contributed by atoms with Crippen LogP contribution in [0.3, 0.4) is 0 Å². The zero-order valence-electron chi connectivity index (χ0n) is 11.4. The fourth-order valence-corrected chi connectivity index (χ4v) is 1.91. The quantitative estimate of drug-likeness (QED) is 0.782. The molecule has 3 heterocycles. The van der Waals surface area contributed by atoms with Gasteiger partial charge in [0.15, 0.2) is 17.7 Å². The lowest BCUT2D eigenvalue weighted by Gasteiger charge is -2.13. The van der Waals surface area contributed by atoms with Gasteiger partial charge in [-0.3, -0.25) is 4.98 Å². The van der Waals surface area contributed by atoms with Gasteiger partial charge in [0.1, 0.15) is 18.5 Å². The number of nitrogens with two attached hydrogens (primary N) is 1. The Hall–Kier alpha value is -2.91. The first kappa shape index (κ1) is 14.0. The second-order valence-corrected chi connectivity index (χ2v) is 4.41. The Kier molecular flexibility index (Phi) is 3.49. The summed E-state index contributed by atoms with van der Waals surface area (Å²) in [5, 5.41) is 4.15. The molecule has 8 nitrogen and oxygen atoms in total. The molecule has 114 valence electrons. The number of rotatable bonds is 4. The summed E-state index contributed by atoms with van der Waals surface area (Å²) in [4.78, 5) is 15.7. The number of halogens is 2. The number of pyridine rings is 1. The van der Waals surface area contributed by atoms with Crippen molar-refractivity contribution in [2.45, 2.75) is 19.6 Å². The van der Waals surface area contributed by atoms with Gasteiger partial charge in [-0.25, -0.2) is 15.0 Å². The second-order valence-electron chi connectivity index (χ2n) is 4.41. The first-order valence-electron chi connectivity index (χ1n) is 6.26.